The molecule has 0 aliphatic heterocycles. The van der Waals surface area contributed by atoms with E-state index in [9.17, 15) is 0 Å². The second kappa shape index (κ2) is 2.31. The highest BCUT2D eigenvalue weighted by atomic mass is 32.1. The van der Waals surface area contributed by atoms with Crippen LogP contribution in [-0.2, 0) is 12.8 Å². The van der Waals surface area contributed by atoms with Crippen molar-refractivity contribution in [3.63, 3.8) is 0 Å². The van der Waals surface area contributed by atoms with Crippen LogP contribution in [0.4, 0.5) is 5.82 Å². The molecule has 1 aromatic heterocycles. The number of nitrogens with two attached hydrogens (primary N) is 1. The number of hydrogen-bond donors (Lipinski definition) is 2. The van der Waals surface area contributed by atoms with Crippen molar-refractivity contribution in [3.05, 3.63) is 11.8 Å². The number of anilines is 1. The molecule has 0 amide bonds. The monoisotopic (exact) mass is 143 g/mol. The van der Waals surface area contributed by atoms with Crippen LogP contribution in [0.15, 0.2) is 6.07 Å². The summed E-state index contributed by atoms with van der Waals surface area (Å²) >= 11 is 4.04. The maximum absolute atomic E-state index is 5.48. The van der Waals surface area contributed by atoms with Gasteiger partial charge in [0, 0.05) is 18.9 Å². The molecule has 1 rings (SSSR count). The lowest BCUT2D eigenvalue weighted by Crippen LogP contribution is -1.96. The topological polar surface area (TPSA) is 43.8 Å². The first-order valence-corrected chi connectivity index (χ1v) is 3.26. The van der Waals surface area contributed by atoms with Gasteiger partial charge in [0.05, 0.1) is 5.69 Å². The molecule has 2 N–H and O–H groups in total. The number of aromatic nitrogens is 2. The van der Waals surface area contributed by atoms with Crippen molar-refractivity contribution in [1.29, 1.82) is 0 Å². The summed E-state index contributed by atoms with van der Waals surface area (Å²) < 4.78 is 1.63. The Bertz CT molecular complexity index is 186. The highest BCUT2D eigenvalue weighted by molar-refractivity contribution is 7.79. The van der Waals surface area contributed by atoms with Crippen molar-refractivity contribution >= 4 is 18.4 Å². The highest BCUT2D eigenvalue weighted by Gasteiger charge is 1.96. The number of nitrogen functional groups attached to an aromatic ring is 1. The van der Waals surface area contributed by atoms with Crippen LogP contribution >= 0.6 is 12.6 Å². The minimum atomic E-state index is 0.644. The molecule has 0 aliphatic carbocycles. The molecule has 0 unspecified atom stereocenters. The summed E-state index contributed by atoms with van der Waals surface area (Å²) in [5.74, 6) is 1.32. The first kappa shape index (κ1) is 6.48. The largest absolute Gasteiger partial charge is 0.384 e. The van der Waals surface area contributed by atoms with E-state index in [1.54, 1.807) is 4.68 Å². The molecule has 0 radical (unpaired) electrons. The van der Waals surface area contributed by atoms with Gasteiger partial charge < -0.3 is 5.73 Å². The quantitative estimate of drug-likeness (QED) is 0.560. The van der Waals surface area contributed by atoms with Gasteiger partial charge in [-0.15, -0.1) is 0 Å². The van der Waals surface area contributed by atoms with Gasteiger partial charge in [0.2, 0.25) is 0 Å². The first-order chi connectivity index (χ1) is 4.24. The average Bonchev–Trinajstić information content (AvgIpc) is 2.13. The second-order valence-electron chi connectivity index (χ2n) is 1.84. The SMILES string of the molecule is Cn1nc(CS)cc1N. The Kier molecular flexibility index (Phi) is 1.66. The van der Waals surface area contributed by atoms with Crippen molar-refractivity contribution in [3.8, 4) is 0 Å². The summed E-state index contributed by atoms with van der Waals surface area (Å²) in [6.45, 7) is 0. The van der Waals surface area contributed by atoms with E-state index in [0.717, 1.165) is 5.69 Å². The summed E-state index contributed by atoms with van der Waals surface area (Å²) in [6, 6.07) is 1.81. The van der Waals surface area contributed by atoms with Crippen molar-refractivity contribution < 1.29 is 0 Å². The Morgan fingerprint density at radius 1 is 1.89 bits per heavy atom. The third-order valence-corrected chi connectivity index (χ3v) is 1.45. The van der Waals surface area contributed by atoms with Crippen molar-refractivity contribution in [2.45, 2.75) is 5.75 Å². The van der Waals surface area contributed by atoms with E-state index in [0.29, 0.717) is 11.6 Å². The smallest absolute Gasteiger partial charge is 0.121 e. The van der Waals surface area contributed by atoms with Crippen LogP contribution < -0.4 is 5.73 Å². The van der Waals surface area contributed by atoms with Gasteiger partial charge in [-0.1, -0.05) is 0 Å². The fourth-order valence-corrected chi connectivity index (χ4v) is 0.775. The van der Waals surface area contributed by atoms with Gasteiger partial charge in [0.15, 0.2) is 0 Å². The Morgan fingerprint density at radius 3 is 2.78 bits per heavy atom. The Hall–Kier alpha value is -0.640. The van der Waals surface area contributed by atoms with Gasteiger partial charge in [-0.25, -0.2) is 0 Å². The predicted molar refractivity (Wildman–Crippen MR) is 40.3 cm³/mol. The van der Waals surface area contributed by atoms with E-state index in [-0.39, 0.29) is 0 Å². The standard InChI is InChI=1S/C5H9N3S/c1-8-5(6)2-4(3-9)7-8/h2,9H,3,6H2,1H3. The van der Waals surface area contributed by atoms with E-state index in [4.69, 9.17) is 5.73 Å². The lowest BCUT2D eigenvalue weighted by molar-refractivity contribution is 0.765. The van der Waals surface area contributed by atoms with Crippen LogP contribution in [0.5, 0.6) is 0 Å². The maximum Gasteiger partial charge on any atom is 0.121 e. The molecule has 0 saturated carbocycles. The summed E-state index contributed by atoms with van der Waals surface area (Å²) in [4.78, 5) is 0. The van der Waals surface area contributed by atoms with Gasteiger partial charge >= 0.3 is 0 Å². The number of aryl methyl sites for hydroxylation is 1. The summed E-state index contributed by atoms with van der Waals surface area (Å²) in [5.41, 5.74) is 6.40. The van der Waals surface area contributed by atoms with Crippen molar-refractivity contribution in [2.75, 3.05) is 5.73 Å². The van der Waals surface area contributed by atoms with Crippen molar-refractivity contribution in [1.82, 2.24) is 9.78 Å². The summed E-state index contributed by atoms with van der Waals surface area (Å²) in [6.07, 6.45) is 0. The van der Waals surface area contributed by atoms with E-state index < -0.39 is 0 Å². The molecule has 0 aromatic carbocycles. The molecule has 50 valence electrons. The van der Waals surface area contributed by atoms with Crippen LogP contribution in [0.3, 0.4) is 0 Å². The number of rotatable bonds is 1. The van der Waals surface area contributed by atoms with Gasteiger partial charge in [-0.05, 0) is 0 Å². The van der Waals surface area contributed by atoms with Crippen LogP contribution in [0.1, 0.15) is 5.69 Å². The van der Waals surface area contributed by atoms with Gasteiger partial charge in [-0.3, -0.25) is 4.68 Å². The summed E-state index contributed by atoms with van der Waals surface area (Å²) in [5, 5.41) is 4.04. The number of nitrogens with zero attached hydrogens (tertiary/aromatic N) is 2. The van der Waals surface area contributed by atoms with Gasteiger partial charge in [0.25, 0.3) is 0 Å². The fourth-order valence-electron chi connectivity index (χ4n) is 0.621. The van der Waals surface area contributed by atoms with Crippen molar-refractivity contribution in [2.24, 2.45) is 7.05 Å². The summed E-state index contributed by atoms with van der Waals surface area (Å²) in [7, 11) is 1.81. The van der Waals surface area contributed by atoms with Crippen LogP contribution in [0.25, 0.3) is 0 Å². The third kappa shape index (κ3) is 1.18. The van der Waals surface area contributed by atoms with Crippen LogP contribution in [0.2, 0.25) is 0 Å². The van der Waals surface area contributed by atoms with Crippen LogP contribution in [-0.4, -0.2) is 9.78 Å². The van der Waals surface area contributed by atoms with E-state index in [2.05, 4.69) is 17.7 Å². The van der Waals surface area contributed by atoms with E-state index in [1.165, 1.54) is 0 Å². The molecule has 0 bridgehead atoms. The minimum Gasteiger partial charge on any atom is -0.384 e. The second-order valence-corrected chi connectivity index (χ2v) is 2.16. The Balaban J connectivity index is 2.98. The minimum absolute atomic E-state index is 0.644. The van der Waals surface area contributed by atoms with Gasteiger partial charge in [0.1, 0.15) is 5.82 Å². The highest BCUT2D eigenvalue weighted by Crippen LogP contribution is 2.05. The van der Waals surface area contributed by atoms with E-state index in [1.807, 2.05) is 13.1 Å². The zero-order chi connectivity index (χ0) is 6.85. The lowest BCUT2D eigenvalue weighted by atomic mass is 10.5. The molecule has 0 atom stereocenters. The molecule has 0 saturated heterocycles. The molecular weight excluding hydrogens is 134 g/mol. The average molecular weight is 143 g/mol. The molecule has 1 aromatic rings. The number of hydrogen-bond acceptors (Lipinski definition) is 3. The fraction of sp³-hybridized carbons (Fsp3) is 0.400. The molecule has 4 heteroatoms. The maximum atomic E-state index is 5.48. The zero-order valence-electron chi connectivity index (χ0n) is 5.20. The molecule has 0 fully saturated rings. The molecule has 1 heterocycles. The number of thiol groups is 1. The third-order valence-electron chi connectivity index (χ3n) is 1.13. The first-order valence-electron chi connectivity index (χ1n) is 2.63. The van der Waals surface area contributed by atoms with Gasteiger partial charge in [-0.2, -0.15) is 17.7 Å². The van der Waals surface area contributed by atoms with Crippen LogP contribution in [0, 0.1) is 0 Å². The molecule has 0 aliphatic rings. The molecule has 3 nitrogen and oxygen atoms in total. The molecule has 9 heavy (non-hydrogen) atoms. The Labute approximate surface area is 59.3 Å². The predicted octanol–water partition coefficient (Wildman–Crippen LogP) is 0.432. The zero-order valence-corrected chi connectivity index (χ0v) is 6.10. The molecule has 0 spiro atoms. The normalized spacial score (nSPS) is 10.0. The lowest BCUT2D eigenvalue weighted by Gasteiger charge is -1.88. The van der Waals surface area contributed by atoms with E-state index >= 15 is 0 Å². The molecular formula is C5H9N3S. The Morgan fingerprint density at radius 2 is 2.56 bits per heavy atom.